The fourth-order valence-corrected chi connectivity index (χ4v) is 1.77. The molecule has 0 aromatic carbocycles. The number of hydrogen-bond acceptors (Lipinski definition) is 3. The Labute approximate surface area is 82.8 Å². The van der Waals surface area contributed by atoms with Crippen molar-refractivity contribution in [2.24, 2.45) is 11.8 Å². The van der Waals surface area contributed by atoms with Gasteiger partial charge in [0, 0.05) is 18.9 Å². The molecule has 76 valence electrons. The molecule has 0 amide bonds. The SMILES string of the molecule is CCC1CC1CNc1ncc[nH]c1=O. The Kier molecular flexibility index (Phi) is 2.52. The Balaban J connectivity index is 1.87. The number of H-pyrrole nitrogens is 1. The summed E-state index contributed by atoms with van der Waals surface area (Å²) in [4.78, 5) is 17.8. The summed E-state index contributed by atoms with van der Waals surface area (Å²) < 4.78 is 0. The second-order valence-corrected chi connectivity index (χ2v) is 3.81. The number of anilines is 1. The van der Waals surface area contributed by atoms with Crippen molar-refractivity contribution in [1.82, 2.24) is 9.97 Å². The summed E-state index contributed by atoms with van der Waals surface area (Å²) in [5, 5.41) is 3.08. The molecule has 0 spiro atoms. The van der Waals surface area contributed by atoms with Gasteiger partial charge in [-0.3, -0.25) is 4.79 Å². The van der Waals surface area contributed by atoms with Crippen LogP contribution in [-0.4, -0.2) is 16.5 Å². The lowest BCUT2D eigenvalue weighted by molar-refractivity contribution is 0.700. The zero-order valence-corrected chi connectivity index (χ0v) is 8.29. The second-order valence-electron chi connectivity index (χ2n) is 3.81. The highest BCUT2D eigenvalue weighted by molar-refractivity contribution is 5.30. The van der Waals surface area contributed by atoms with E-state index in [4.69, 9.17) is 0 Å². The van der Waals surface area contributed by atoms with Crippen molar-refractivity contribution in [3.63, 3.8) is 0 Å². The molecule has 14 heavy (non-hydrogen) atoms. The summed E-state index contributed by atoms with van der Waals surface area (Å²) in [7, 11) is 0. The lowest BCUT2D eigenvalue weighted by atomic mass is 10.2. The van der Waals surface area contributed by atoms with Crippen molar-refractivity contribution in [3.05, 3.63) is 22.7 Å². The average Bonchev–Trinajstić information content (AvgIpc) is 2.95. The maximum Gasteiger partial charge on any atom is 0.290 e. The van der Waals surface area contributed by atoms with Gasteiger partial charge in [0.15, 0.2) is 5.82 Å². The molecular weight excluding hydrogens is 178 g/mol. The molecule has 2 N–H and O–H groups in total. The van der Waals surface area contributed by atoms with Gasteiger partial charge in [-0.15, -0.1) is 0 Å². The monoisotopic (exact) mass is 193 g/mol. The van der Waals surface area contributed by atoms with Crippen LogP contribution in [0.3, 0.4) is 0 Å². The first-order chi connectivity index (χ1) is 6.81. The molecule has 1 aliphatic rings. The molecule has 0 saturated heterocycles. The van der Waals surface area contributed by atoms with Crippen LogP contribution >= 0.6 is 0 Å². The normalized spacial score (nSPS) is 24.6. The maximum atomic E-state index is 11.2. The average molecular weight is 193 g/mol. The van der Waals surface area contributed by atoms with Crippen LogP contribution in [0.2, 0.25) is 0 Å². The number of hydrogen-bond donors (Lipinski definition) is 2. The van der Waals surface area contributed by atoms with Crippen LogP contribution in [0.1, 0.15) is 19.8 Å². The first kappa shape index (κ1) is 9.24. The standard InChI is InChI=1S/C10H15N3O/c1-2-7-5-8(7)6-13-9-10(14)12-4-3-11-9/h3-4,7-8H,2,5-6H2,1H3,(H,11,13)(H,12,14). The predicted octanol–water partition coefficient (Wildman–Crippen LogP) is 1.23. The van der Waals surface area contributed by atoms with Gasteiger partial charge in [-0.05, 0) is 18.3 Å². The van der Waals surface area contributed by atoms with Gasteiger partial charge >= 0.3 is 0 Å². The van der Waals surface area contributed by atoms with Gasteiger partial charge in [0.1, 0.15) is 0 Å². The fraction of sp³-hybridized carbons (Fsp3) is 0.600. The Hall–Kier alpha value is -1.32. The van der Waals surface area contributed by atoms with E-state index in [1.54, 1.807) is 12.4 Å². The van der Waals surface area contributed by atoms with Gasteiger partial charge in [-0.25, -0.2) is 4.98 Å². The smallest absolute Gasteiger partial charge is 0.290 e. The van der Waals surface area contributed by atoms with E-state index in [0.717, 1.165) is 18.4 Å². The van der Waals surface area contributed by atoms with E-state index in [1.807, 2.05) is 0 Å². The molecule has 2 rings (SSSR count). The minimum atomic E-state index is -0.138. The largest absolute Gasteiger partial charge is 0.365 e. The van der Waals surface area contributed by atoms with E-state index in [9.17, 15) is 4.79 Å². The van der Waals surface area contributed by atoms with Crippen molar-refractivity contribution >= 4 is 5.82 Å². The molecule has 0 aliphatic heterocycles. The molecule has 1 aromatic rings. The summed E-state index contributed by atoms with van der Waals surface area (Å²) in [6, 6.07) is 0. The number of nitrogens with one attached hydrogen (secondary N) is 2. The van der Waals surface area contributed by atoms with E-state index < -0.39 is 0 Å². The minimum absolute atomic E-state index is 0.138. The zero-order chi connectivity index (χ0) is 9.97. The van der Waals surface area contributed by atoms with E-state index in [2.05, 4.69) is 22.2 Å². The number of nitrogens with zero attached hydrogens (tertiary/aromatic N) is 1. The van der Waals surface area contributed by atoms with Gasteiger partial charge in [-0.1, -0.05) is 13.3 Å². The maximum absolute atomic E-state index is 11.2. The molecule has 0 bridgehead atoms. The van der Waals surface area contributed by atoms with Crippen LogP contribution in [0.4, 0.5) is 5.82 Å². The summed E-state index contributed by atoms with van der Waals surface area (Å²) in [6.45, 7) is 3.08. The van der Waals surface area contributed by atoms with Crippen molar-refractivity contribution in [2.45, 2.75) is 19.8 Å². The quantitative estimate of drug-likeness (QED) is 0.756. The topological polar surface area (TPSA) is 57.8 Å². The van der Waals surface area contributed by atoms with Crippen LogP contribution in [0, 0.1) is 11.8 Å². The number of aromatic amines is 1. The predicted molar refractivity (Wildman–Crippen MR) is 55.2 cm³/mol. The molecule has 0 radical (unpaired) electrons. The summed E-state index contributed by atoms with van der Waals surface area (Å²) in [5.41, 5.74) is -0.138. The molecule has 2 atom stereocenters. The van der Waals surface area contributed by atoms with E-state index >= 15 is 0 Å². The van der Waals surface area contributed by atoms with Crippen LogP contribution in [-0.2, 0) is 0 Å². The second kappa shape index (κ2) is 3.82. The highest BCUT2D eigenvalue weighted by Crippen LogP contribution is 2.40. The van der Waals surface area contributed by atoms with E-state index in [-0.39, 0.29) is 5.56 Å². The lowest BCUT2D eigenvalue weighted by Gasteiger charge is -2.02. The third-order valence-corrected chi connectivity index (χ3v) is 2.83. The van der Waals surface area contributed by atoms with Crippen LogP contribution < -0.4 is 10.9 Å². The van der Waals surface area contributed by atoms with Crippen molar-refractivity contribution < 1.29 is 0 Å². The van der Waals surface area contributed by atoms with E-state index in [1.165, 1.54) is 12.8 Å². The Morgan fingerprint density at radius 2 is 2.50 bits per heavy atom. The third kappa shape index (κ3) is 1.95. The van der Waals surface area contributed by atoms with Crippen molar-refractivity contribution in [3.8, 4) is 0 Å². The summed E-state index contributed by atoms with van der Waals surface area (Å²) in [5.74, 6) is 2.03. The van der Waals surface area contributed by atoms with Gasteiger partial charge < -0.3 is 10.3 Å². The van der Waals surface area contributed by atoms with Gasteiger partial charge in [0.05, 0.1) is 0 Å². The molecule has 1 heterocycles. The molecule has 1 aliphatic carbocycles. The summed E-state index contributed by atoms with van der Waals surface area (Å²) >= 11 is 0. The third-order valence-electron chi connectivity index (χ3n) is 2.83. The van der Waals surface area contributed by atoms with Crippen LogP contribution in [0.5, 0.6) is 0 Å². The van der Waals surface area contributed by atoms with Crippen molar-refractivity contribution in [2.75, 3.05) is 11.9 Å². The van der Waals surface area contributed by atoms with Crippen LogP contribution in [0.15, 0.2) is 17.2 Å². The fourth-order valence-electron chi connectivity index (χ4n) is 1.77. The minimum Gasteiger partial charge on any atom is -0.365 e. The molecule has 4 nitrogen and oxygen atoms in total. The van der Waals surface area contributed by atoms with Crippen LogP contribution in [0.25, 0.3) is 0 Å². The molecule has 1 aromatic heterocycles. The molecule has 1 fully saturated rings. The van der Waals surface area contributed by atoms with Crippen molar-refractivity contribution in [1.29, 1.82) is 0 Å². The molecule has 1 saturated carbocycles. The van der Waals surface area contributed by atoms with Gasteiger partial charge in [0.2, 0.25) is 0 Å². The molecular formula is C10H15N3O. The number of aromatic nitrogens is 2. The first-order valence-electron chi connectivity index (χ1n) is 5.08. The highest BCUT2D eigenvalue weighted by Gasteiger charge is 2.34. The number of rotatable bonds is 4. The highest BCUT2D eigenvalue weighted by atomic mass is 16.1. The van der Waals surface area contributed by atoms with E-state index in [0.29, 0.717) is 5.82 Å². The molecule has 4 heteroatoms. The Morgan fingerprint density at radius 3 is 3.14 bits per heavy atom. The summed E-state index contributed by atoms with van der Waals surface area (Å²) in [6.07, 6.45) is 5.66. The first-order valence-corrected chi connectivity index (χ1v) is 5.08. The van der Waals surface area contributed by atoms with Gasteiger partial charge in [0.25, 0.3) is 5.56 Å². The Morgan fingerprint density at radius 1 is 1.64 bits per heavy atom. The van der Waals surface area contributed by atoms with Gasteiger partial charge in [-0.2, -0.15) is 0 Å². The Bertz CT molecular complexity index is 360. The molecule has 2 unspecified atom stereocenters. The lowest BCUT2D eigenvalue weighted by Crippen LogP contribution is -2.17. The zero-order valence-electron chi connectivity index (χ0n) is 8.29.